The molecule has 1 aliphatic carbocycles. The molecule has 0 radical (unpaired) electrons. The minimum absolute atomic E-state index is 0.0496. The van der Waals surface area contributed by atoms with Crippen molar-refractivity contribution < 1.29 is 27.5 Å². The number of imidazole rings is 1. The summed E-state index contributed by atoms with van der Waals surface area (Å²) in [5.74, 6) is 3.33. The van der Waals surface area contributed by atoms with Crippen molar-refractivity contribution in [3.63, 3.8) is 0 Å². The van der Waals surface area contributed by atoms with E-state index in [1.165, 1.54) is 21.7 Å². The molecule has 0 bridgehead atoms. The highest BCUT2D eigenvalue weighted by atomic mass is 19.3. The van der Waals surface area contributed by atoms with Crippen LogP contribution in [0.5, 0.6) is 0 Å². The van der Waals surface area contributed by atoms with Crippen molar-refractivity contribution in [1.29, 1.82) is 0 Å². The van der Waals surface area contributed by atoms with Crippen LogP contribution in [0.25, 0.3) is 11.0 Å². The Morgan fingerprint density at radius 1 is 1.26 bits per heavy atom. The number of anilines is 1. The number of nitrogen functional groups attached to an aromatic ring is 1. The summed E-state index contributed by atoms with van der Waals surface area (Å²) in [6, 6.07) is 1.93. The highest BCUT2D eigenvalue weighted by molar-refractivity contribution is 5.99. The van der Waals surface area contributed by atoms with E-state index in [4.69, 9.17) is 11.5 Å². The second-order valence-corrected chi connectivity index (χ2v) is 9.20. The number of nitrogens with zero attached hydrogens (tertiary/aromatic N) is 5. The average Bonchev–Trinajstić information content (AvgIpc) is 3.36. The van der Waals surface area contributed by atoms with Gasteiger partial charge in [-0.25, -0.2) is 14.1 Å². The number of rotatable bonds is 7. The number of hydrogen-bond donors (Lipinski definition) is 2. The van der Waals surface area contributed by atoms with E-state index in [1.807, 2.05) is 4.57 Å². The van der Waals surface area contributed by atoms with Crippen LogP contribution in [0, 0.1) is 17.7 Å². The second kappa shape index (κ2) is 9.86. The first-order chi connectivity index (χ1) is 18.2. The number of aromatic nitrogens is 4. The largest absolute Gasteiger partial charge is 0.383 e. The van der Waals surface area contributed by atoms with Gasteiger partial charge in [0.2, 0.25) is 5.91 Å². The Balaban J connectivity index is 1.46. The van der Waals surface area contributed by atoms with Crippen molar-refractivity contribution >= 4 is 28.7 Å². The summed E-state index contributed by atoms with van der Waals surface area (Å²) in [6.45, 7) is 0.0713. The maximum atomic E-state index is 14.9. The zero-order valence-electron chi connectivity index (χ0n) is 20.1. The third-order valence-corrected chi connectivity index (χ3v) is 6.72. The Hall–Kier alpha value is -4.31. The van der Waals surface area contributed by atoms with Gasteiger partial charge < -0.3 is 25.7 Å². The topological polar surface area (TPSA) is 134 Å². The smallest absolute Gasteiger partial charge is 0.345 e. The predicted octanol–water partition coefficient (Wildman–Crippen LogP) is 2.35. The quantitative estimate of drug-likeness (QED) is 0.358. The van der Waals surface area contributed by atoms with Crippen LogP contribution in [0.1, 0.15) is 53.0 Å². The van der Waals surface area contributed by atoms with Crippen molar-refractivity contribution in [3.8, 4) is 11.8 Å². The van der Waals surface area contributed by atoms with E-state index < -0.39 is 42.9 Å². The lowest BCUT2D eigenvalue weighted by atomic mass is 10.1. The number of nitrogens with two attached hydrogens (primary N) is 2. The minimum atomic E-state index is -3.00. The summed E-state index contributed by atoms with van der Waals surface area (Å²) in [5.41, 5.74) is 12.8. The molecule has 2 aromatic heterocycles. The van der Waals surface area contributed by atoms with Crippen LogP contribution in [0.15, 0.2) is 31.1 Å². The fourth-order valence-corrected chi connectivity index (χ4v) is 4.77. The maximum absolute atomic E-state index is 14.9. The van der Waals surface area contributed by atoms with Gasteiger partial charge in [0.25, 0.3) is 5.91 Å². The van der Waals surface area contributed by atoms with E-state index in [-0.39, 0.29) is 35.6 Å². The van der Waals surface area contributed by atoms with Crippen LogP contribution >= 0.6 is 0 Å². The molecule has 1 saturated carbocycles. The van der Waals surface area contributed by atoms with Crippen LogP contribution in [0.3, 0.4) is 0 Å². The average molecular weight is 528 g/mol. The van der Waals surface area contributed by atoms with Gasteiger partial charge in [-0.15, -0.1) is 0 Å². The van der Waals surface area contributed by atoms with Crippen LogP contribution < -0.4 is 11.5 Å². The van der Waals surface area contributed by atoms with Gasteiger partial charge in [0.15, 0.2) is 5.69 Å². The minimum Gasteiger partial charge on any atom is -0.383 e. The van der Waals surface area contributed by atoms with Gasteiger partial charge in [0.1, 0.15) is 17.2 Å². The number of amides is 2. The van der Waals surface area contributed by atoms with E-state index in [0.29, 0.717) is 17.1 Å². The summed E-state index contributed by atoms with van der Waals surface area (Å²) in [6.07, 6.45) is 4.95. The number of alkyl halides is 2. The van der Waals surface area contributed by atoms with Gasteiger partial charge in [0, 0.05) is 18.7 Å². The Labute approximate surface area is 215 Å². The molecule has 13 heteroatoms. The Morgan fingerprint density at radius 2 is 2.03 bits per heavy atom. The van der Waals surface area contributed by atoms with E-state index in [9.17, 15) is 22.8 Å². The molecule has 1 aliphatic heterocycles. The van der Waals surface area contributed by atoms with Gasteiger partial charge in [0.05, 0.1) is 41.6 Å². The lowest BCUT2D eigenvalue weighted by Crippen LogP contribution is -2.37. The first-order valence-corrected chi connectivity index (χ1v) is 11.9. The first-order valence-electron chi connectivity index (χ1n) is 11.9. The number of fused-ring (bicyclic) bond motifs is 1. The van der Waals surface area contributed by atoms with Crippen LogP contribution in [0.4, 0.5) is 19.0 Å². The number of primary amides is 1. The van der Waals surface area contributed by atoms with Crippen LogP contribution in [-0.2, 0) is 9.53 Å². The molecule has 2 aliphatic rings. The number of halogens is 3. The van der Waals surface area contributed by atoms with Gasteiger partial charge >= 0.3 is 6.61 Å². The second-order valence-electron chi connectivity index (χ2n) is 9.20. The molecule has 38 heavy (non-hydrogen) atoms. The number of ether oxygens (including phenoxy) is 1. The van der Waals surface area contributed by atoms with Crippen molar-refractivity contribution in [2.45, 2.75) is 44.0 Å². The molecule has 1 aromatic carbocycles. The maximum Gasteiger partial charge on any atom is 0.345 e. The summed E-state index contributed by atoms with van der Waals surface area (Å²) >= 11 is 0. The lowest BCUT2D eigenvalue weighted by Gasteiger charge is -2.22. The third-order valence-electron chi connectivity index (χ3n) is 6.72. The van der Waals surface area contributed by atoms with Gasteiger partial charge in [-0.3, -0.25) is 9.59 Å². The number of likely N-dealkylation sites (tertiary alicyclic amines) is 1. The standard InChI is InChI=1S/C25H24F3N7O3/c1-2-21(36)33-10-15(8-16(33)11-38-25(27)28)35-23(29)22(24(30)37)18(32-35)6-3-13-7-19-20(9-17(13)26)34(12-31-19)14-4-5-14/h2,7,9,12,14-16,25H,1,4-5,8,10-11,29H2,(H2,30,37)/t15-,16+/m0/s1. The zero-order chi connectivity index (χ0) is 27.1. The van der Waals surface area contributed by atoms with Gasteiger partial charge in [-0.2, -0.15) is 13.9 Å². The molecule has 2 fully saturated rings. The number of hydrogen-bond acceptors (Lipinski definition) is 6. The number of carbonyl (C=O) groups is 2. The fraction of sp³-hybridized carbons (Fsp3) is 0.360. The summed E-state index contributed by atoms with van der Waals surface area (Å²) < 4.78 is 47.8. The Kier molecular flexibility index (Phi) is 6.58. The third kappa shape index (κ3) is 4.70. The van der Waals surface area contributed by atoms with E-state index in [0.717, 1.165) is 18.9 Å². The van der Waals surface area contributed by atoms with E-state index >= 15 is 0 Å². The molecule has 4 N–H and O–H groups in total. The lowest BCUT2D eigenvalue weighted by molar-refractivity contribution is -0.146. The number of benzene rings is 1. The monoisotopic (exact) mass is 527 g/mol. The summed E-state index contributed by atoms with van der Waals surface area (Å²) in [5, 5.41) is 4.33. The molecule has 5 rings (SSSR count). The normalized spacial score (nSPS) is 19.1. The van der Waals surface area contributed by atoms with E-state index in [1.54, 1.807) is 6.33 Å². The Bertz CT molecular complexity index is 1500. The van der Waals surface area contributed by atoms with Crippen molar-refractivity contribution in [3.05, 3.63) is 53.8 Å². The van der Waals surface area contributed by atoms with Gasteiger partial charge in [-0.1, -0.05) is 12.5 Å². The first kappa shape index (κ1) is 25.3. The van der Waals surface area contributed by atoms with Crippen molar-refractivity contribution in [2.75, 3.05) is 18.9 Å². The molecule has 0 spiro atoms. The van der Waals surface area contributed by atoms with Crippen LogP contribution in [0.2, 0.25) is 0 Å². The van der Waals surface area contributed by atoms with Crippen molar-refractivity contribution in [1.82, 2.24) is 24.2 Å². The van der Waals surface area contributed by atoms with Gasteiger partial charge in [-0.05, 0) is 37.3 Å². The molecule has 3 heterocycles. The summed E-state index contributed by atoms with van der Waals surface area (Å²) in [7, 11) is 0. The molecular formula is C25H24F3N7O3. The molecule has 10 nitrogen and oxygen atoms in total. The predicted molar refractivity (Wildman–Crippen MR) is 130 cm³/mol. The molecule has 3 aromatic rings. The molecule has 2 amide bonds. The summed E-state index contributed by atoms with van der Waals surface area (Å²) in [4.78, 5) is 30.2. The highest BCUT2D eigenvalue weighted by Crippen LogP contribution is 2.37. The molecule has 198 valence electrons. The molecule has 0 unspecified atom stereocenters. The zero-order valence-corrected chi connectivity index (χ0v) is 20.1. The fourth-order valence-electron chi connectivity index (χ4n) is 4.77. The number of carbonyl (C=O) groups excluding carboxylic acids is 2. The molecule has 2 atom stereocenters. The molecular weight excluding hydrogens is 503 g/mol. The highest BCUT2D eigenvalue weighted by Gasteiger charge is 2.38. The molecule has 1 saturated heterocycles. The Morgan fingerprint density at radius 3 is 2.68 bits per heavy atom. The SMILES string of the molecule is C=CC(=O)N1C[C@@H](n2nc(C#Cc3cc4ncn(C5CC5)c4cc3F)c(C(N)=O)c2N)C[C@@H]1COC(F)F. The van der Waals surface area contributed by atoms with Crippen LogP contribution in [-0.4, -0.2) is 61.9 Å². The van der Waals surface area contributed by atoms with E-state index in [2.05, 4.69) is 33.2 Å². The van der Waals surface area contributed by atoms with Crippen molar-refractivity contribution in [2.24, 2.45) is 5.73 Å².